The Morgan fingerprint density at radius 3 is 1.40 bits per heavy atom. The lowest BCUT2D eigenvalue weighted by atomic mass is 10.1. The second-order valence-corrected chi connectivity index (χ2v) is 9.96. The Hall–Kier alpha value is -3.30. The molecule has 0 radical (unpaired) electrons. The van der Waals surface area contributed by atoms with E-state index in [4.69, 9.17) is 43.4 Å². The Morgan fingerprint density at radius 2 is 0.953 bits per heavy atom. The van der Waals surface area contributed by atoms with Gasteiger partial charge < -0.3 is 43.4 Å². The summed E-state index contributed by atoms with van der Waals surface area (Å²) in [5.74, 6) is -2.77. The van der Waals surface area contributed by atoms with Gasteiger partial charge in [0.1, 0.15) is 19.8 Å². The summed E-state index contributed by atoms with van der Waals surface area (Å²) in [6.07, 6.45) is 0.291. The van der Waals surface area contributed by atoms with Crippen molar-refractivity contribution < 1.29 is 72.1 Å². The topological polar surface area (TPSA) is 207 Å². The molecule has 0 rings (SSSR count). The van der Waals surface area contributed by atoms with Crippen LogP contribution >= 0.6 is 0 Å². The number of hydrogen-bond acceptors (Lipinski definition) is 15. The minimum absolute atomic E-state index is 0.00456. The molecule has 0 aliphatic heterocycles. The molecular formula is C28H46O15. The van der Waals surface area contributed by atoms with E-state index in [-0.39, 0.29) is 103 Å². The molecular weight excluding hydrogens is 576 g/mol. The molecule has 0 aromatic heterocycles. The highest BCUT2D eigenvalue weighted by molar-refractivity contribution is 5.71. The summed E-state index contributed by atoms with van der Waals surface area (Å²) >= 11 is 0. The minimum atomic E-state index is -1.02. The smallest absolute Gasteiger partial charge is 0.306 e. The summed E-state index contributed by atoms with van der Waals surface area (Å²) in [7, 11) is 0. The lowest BCUT2D eigenvalue weighted by molar-refractivity contribution is -0.161. The summed E-state index contributed by atoms with van der Waals surface area (Å²) in [5, 5.41) is 17.5. The molecule has 15 heteroatoms. The van der Waals surface area contributed by atoms with Gasteiger partial charge >= 0.3 is 23.9 Å². The van der Waals surface area contributed by atoms with Gasteiger partial charge in [-0.1, -0.05) is 13.8 Å². The maximum absolute atomic E-state index is 12.2. The van der Waals surface area contributed by atoms with Crippen LogP contribution in [0, 0.1) is 11.8 Å². The average molecular weight is 623 g/mol. The van der Waals surface area contributed by atoms with Gasteiger partial charge in [0.15, 0.2) is 12.2 Å². The van der Waals surface area contributed by atoms with Crippen LogP contribution in [0.25, 0.3) is 0 Å². The van der Waals surface area contributed by atoms with Gasteiger partial charge in [0.25, 0.3) is 12.9 Å². The fourth-order valence-corrected chi connectivity index (χ4v) is 3.32. The number of ether oxygens (including phenoxy) is 7. The van der Waals surface area contributed by atoms with Gasteiger partial charge in [-0.05, 0) is 31.6 Å². The molecule has 248 valence electrons. The number of carbonyl (C=O) groups is 6. The number of aliphatic hydroxyl groups excluding tert-OH is 2. The highest BCUT2D eigenvalue weighted by Gasteiger charge is 2.20. The molecule has 0 aliphatic rings. The van der Waals surface area contributed by atoms with Gasteiger partial charge in [0.2, 0.25) is 0 Å². The summed E-state index contributed by atoms with van der Waals surface area (Å²) in [6.45, 7) is 2.89. The van der Waals surface area contributed by atoms with Crippen molar-refractivity contribution in [2.24, 2.45) is 11.8 Å². The van der Waals surface area contributed by atoms with Crippen LogP contribution in [0.4, 0.5) is 0 Å². The highest BCUT2D eigenvalue weighted by Crippen LogP contribution is 2.09. The van der Waals surface area contributed by atoms with Crippen LogP contribution in [0.1, 0.15) is 65.2 Å². The Bertz CT molecular complexity index is 803. The molecule has 0 spiro atoms. The summed E-state index contributed by atoms with van der Waals surface area (Å²) in [6, 6.07) is 0. The second-order valence-electron chi connectivity index (χ2n) is 9.96. The van der Waals surface area contributed by atoms with Gasteiger partial charge in [-0.15, -0.1) is 0 Å². The molecule has 43 heavy (non-hydrogen) atoms. The first-order chi connectivity index (χ1) is 20.6. The fourth-order valence-electron chi connectivity index (χ4n) is 3.32. The molecule has 15 nitrogen and oxygen atoms in total. The molecule has 0 saturated heterocycles. The zero-order valence-corrected chi connectivity index (χ0v) is 25.0. The van der Waals surface area contributed by atoms with Crippen LogP contribution in [-0.4, -0.2) is 112 Å². The predicted molar refractivity (Wildman–Crippen MR) is 146 cm³/mol. The Morgan fingerprint density at radius 1 is 0.558 bits per heavy atom. The Balaban J connectivity index is 4.31. The summed E-state index contributed by atoms with van der Waals surface area (Å²) in [5.41, 5.74) is 0. The summed E-state index contributed by atoms with van der Waals surface area (Å²) < 4.78 is 35.5. The number of rotatable bonds is 28. The standard InChI is InChI=1S/C28H46O15/c1-21(13-37-15-23(42-19-31)16-39-26(34)8-4-6-10-30)11-27(35)40-17-24(43-20-32)18-41-28(36)12-22(2)14-38-25(33)7-3-5-9-29/h19-24,29-30H,3-18H2,1-2H3. The third kappa shape index (κ3) is 23.9. The number of esters is 4. The first-order valence-corrected chi connectivity index (χ1v) is 14.2. The van der Waals surface area contributed by atoms with E-state index in [1.165, 1.54) is 0 Å². The van der Waals surface area contributed by atoms with E-state index >= 15 is 0 Å². The van der Waals surface area contributed by atoms with Crippen molar-refractivity contribution in [1.82, 2.24) is 0 Å². The lowest BCUT2D eigenvalue weighted by Gasteiger charge is -2.18. The quantitative estimate of drug-likeness (QED) is 0.0531. The molecule has 0 fully saturated rings. The third-order valence-electron chi connectivity index (χ3n) is 5.63. The molecule has 0 aromatic carbocycles. The molecule has 0 saturated carbocycles. The normalized spacial score (nSPS) is 13.5. The lowest BCUT2D eigenvalue weighted by Crippen LogP contribution is -2.30. The van der Waals surface area contributed by atoms with Gasteiger partial charge in [0.05, 0.1) is 26.1 Å². The van der Waals surface area contributed by atoms with Crippen LogP contribution in [0.2, 0.25) is 0 Å². The maximum atomic E-state index is 12.2. The van der Waals surface area contributed by atoms with Gasteiger partial charge in [-0.2, -0.15) is 0 Å². The first-order valence-electron chi connectivity index (χ1n) is 14.2. The van der Waals surface area contributed by atoms with E-state index in [0.29, 0.717) is 25.7 Å². The number of hydrogen-bond donors (Lipinski definition) is 2. The number of unbranched alkanes of at least 4 members (excludes halogenated alkanes) is 2. The van der Waals surface area contributed by atoms with Crippen molar-refractivity contribution in [3.63, 3.8) is 0 Å². The zero-order chi connectivity index (χ0) is 32.3. The zero-order valence-electron chi connectivity index (χ0n) is 25.0. The molecule has 4 atom stereocenters. The molecule has 0 heterocycles. The van der Waals surface area contributed by atoms with Crippen molar-refractivity contribution in [2.75, 3.05) is 52.9 Å². The van der Waals surface area contributed by atoms with Crippen LogP contribution in [-0.2, 0) is 61.9 Å². The fraction of sp³-hybridized carbons (Fsp3) is 0.786. The van der Waals surface area contributed by atoms with Crippen LogP contribution in [0.5, 0.6) is 0 Å². The Labute approximate surface area is 251 Å². The van der Waals surface area contributed by atoms with E-state index < -0.39 is 36.1 Å². The minimum Gasteiger partial charge on any atom is -0.465 e. The number of aliphatic hydroxyl groups is 2. The van der Waals surface area contributed by atoms with Gasteiger partial charge in [0, 0.05) is 38.6 Å². The van der Waals surface area contributed by atoms with Crippen molar-refractivity contribution in [3.05, 3.63) is 0 Å². The molecule has 0 bridgehead atoms. The van der Waals surface area contributed by atoms with Crippen LogP contribution in [0.3, 0.4) is 0 Å². The second kappa shape index (κ2) is 26.3. The van der Waals surface area contributed by atoms with Crippen molar-refractivity contribution >= 4 is 36.8 Å². The van der Waals surface area contributed by atoms with E-state index in [2.05, 4.69) is 0 Å². The van der Waals surface area contributed by atoms with E-state index in [9.17, 15) is 28.8 Å². The van der Waals surface area contributed by atoms with E-state index in [1.54, 1.807) is 13.8 Å². The molecule has 2 N–H and O–H groups in total. The average Bonchev–Trinajstić information content (AvgIpc) is 2.96. The van der Waals surface area contributed by atoms with Crippen molar-refractivity contribution in [2.45, 2.75) is 77.4 Å². The van der Waals surface area contributed by atoms with Crippen molar-refractivity contribution in [3.8, 4) is 0 Å². The first kappa shape index (κ1) is 39.7. The maximum Gasteiger partial charge on any atom is 0.306 e. The predicted octanol–water partition coefficient (Wildman–Crippen LogP) is 0.637. The van der Waals surface area contributed by atoms with Crippen LogP contribution < -0.4 is 0 Å². The molecule has 4 unspecified atom stereocenters. The third-order valence-corrected chi connectivity index (χ3v) is 5.63. The van der Waals surface area contributed by atoms with E-state index in [1.807, 2.05) is 0 Å². The van der Waals surface area contributed by atoms with Gasteiger partial charge in [-0.3, -0.25) is 28.8 Å². The van der Waals surface area contributed by atoms with E-state index in [0.717, 1.165) is 0 Å². The van der Waals surface area contributed by atoms with Crippen LogP contribution in [0.15, 0.2) is 0 Å². The number of carbonyl (C=O) groups excluding carboxylic acids is 6. The van der Waals surface area contributed by atoms with Gasteiger partial charge in [-0.25, -0.2) is 0 Å². The molecule has 0 aliphatic carbocycles. The largest absolute Gasteiger partial charge is 0.465 e. The molecule has 0 aromatic rings. The Kier molecular flexibility index (Phi) is 24.3. The molecule has 0 amide bonds. The van der Waals surface area contributed by atoms with Crippen molar-refractivity contribution in [1.29, 1.82) is 0 Å². The monoisotopic (exact) mass is 622 g/mol. The SMILES string of the molecule is CC(COCC(COC(=O)CCCCO)OC=O)CC(=O)OCC(COC(=O)CC(C)COC(=O)CCCCO)OC=O. The highest BCUT2D eigenvalue weighted by atomic mass is 16.6. The summed E-state index contributed by atoms with van der Waals surface area (Å²) in [4.78, 5) is 69.1.